The topological polar surface area (TPSA) is 150 Å². The summed E-state index contributed by atoms with van der Waals surface area (Å²) in [6, 6.07) is 44.8. The van der Waals surface area contributed by atoms with E-state index in [0.29, 0.717) is 39.3 Å². The van der Waals surface area contributed by atoms with Gasteiger partial charge in [-0.15, -0.1) is 0 Å². The summed E-state index contributed by atoms with van der Waals surface area (Å²) in [6.07, 6.45) is 7.24. The number of nitrogens with zero attached hydrogens (tertiary/aromatic N) is 7. The van der Waals surface area contributed by atoms with Crippen LogP contribution in [0.5, 0.6) is 11.5 Å². The predicted octanol–water partition coefficient (Wildman–Crippen LogP) is 7.81. The molecule has 4 saturated heterocycles. The molecular weight excluding hydrogens is 965 g/mol. The lowest BCUT2D eigenvalue weighted by Gasteiger charge is -2.27. The number of amides is 2. The number of likely N-dealkylation sites (tertiary alicyclic amines) is 2. The number of hydrogen-bond acceptors (Lipinski definition) is 13. The number of anilines is 2. The summed E-state index contributed by atoms with van der Waals surface area (Å²) in [5.41, 5.74) is 6.95. The van der Waals surface area contributed by atoms with Gasteiger partial charge in [-0.3, -0.25) is 18.7 Å². The normalized spacial score (nSPS) is 18.3. The molecule has 6 heterocycles. The summed E-state index contributed by atoms with van der Waals surface area (Å²) in [4.78, 5) is 45.0. The molecule has 1 unspecified atom stereocenters. The summed E-state index contributed by atoms with van der Waals surface area (Å²) in [5, 5.41) is 3.40. The van der Waals surface area contributed by atoms with E-state index in [1.165, 1.54) is 16.7 Å². The summed E-state index contributed by atoms with van der Waals surface area (Å²) in [7, 11) is -3.59. The van der Waals surface area contributed by atoms with Gasteiger partial charge >= 0.3 is 0 Å². The Balaban J connectivity index is 0.000000160. The van der Waals surface area contributed by atoms with Gasteiger partial charge in [0.2, 0.25) is 5.91 Å². The fourth-order valence-corrected chi connectivity index (χ4v) is 10.1. The van der Waals surface area contributed by atoms with Crippen molar-refractivity contribution in [1.29, 1.82) is 0 Å². The average Bonchev–Trinajstić information content (AvgIpc) is 3.68. The number of rotatable bonds is 15. The number of aryl methyl sites for hydroxylation is 2. The van der Waals surface area contributed by atoms with Crippen molar-refractivity contribution < 1.29 is 31.7 Å². The van der Waals surface area contributed by atoms with Crippen molar-refractivity contribution >= 4 is 33.6 Å². The highest BCUT2D eigenvalue weighted by atomic mass is 32.2. The van der Waals surface area contributed by atoms with Crippen LogP contribution >= 0.6 is 0 Å². The maximum absolute atomic E-state index is 13.2. The van der Waals surface area contributed by atoms with Crippen LogP contribution in [0.3, 0.4) is 0 Å². The van der Waals surface area contributed by atoms with Gasteiger partial charge in [0.1, 0.15) is 36.3 Å². The molecule has 16 heteroatoms. The van der Waals surface area contributed by atoms with Gasteiger partial charge in [-0.05, 0) is 86.2 Å². The smallest absolute Gasteiger partial charge is 0.265 e. The Morgan fingerprint density at radius 2 is 1.05 bits per heavy atom. The Morgan fingerprint density at radius 1 is 0.533 bits per heavy atom. The maximum Gasteiger partial charge on any atom is 0.265 e. The van der Waals surface area contributed by atoms with E-state index < -0.39 is 16.2 Å². The quantitative estimate of drug-likeness (QED) is 0.0998. The van der Waals surface area contributed by atoms with Crippen molar-refractivity contribution in [3.8, 4) is 11.5 Å². The monoisotopic (exact) mass is 1040 g/mol. The van der Waals surface area contributed by atoms with Gasteiger partial charge in [0.05, 0.1) is 24.7 Å². The third kappa shape index (κ3) is 16.8. The summed E-state index contributed by atoms with van der Waals surface area (Å²) in [5.74, 6) is 3.61. The van der Waals surface area contributed by atoms with Crippen molar-refractivity contribution in [2.75, 3.05) is 81.5 Å². The number of pyridine rings is 2. The molecule has 4 aromatic carbocycles. The molecule has 0 saturated carbocycles. The summed E-state index contributed by atoms with van der Waals surface area (Å²) >= 11 is 0. The van der Waals surface area contributed by atoms with Crippen LogP contribution in [0, 0.1) is 13.8 Å². The fraction of sp³-hybridized carbons (Fsp3) is 0.390. The highest BCUT2D eigenvalue weighted by Gasteiger charge is 2.37. The first-order valence-electron chi connectivity index (χ1n) is 26.2. The molecule has 0 aliphatic carbocycles. The first-order valence-corrected chi connectivity index (χ1v) is 28.0. The lowest BCUT2D eigenvalue weighted by atomic mass is 10.1. The molecule has 0 radical (unpaired) electrons. The van der Waals surface area contributed by atoms with Crippen molar-refractivity contribution in [3.05, 3.63) is 179 Å². The number of nitrogens with one attached hydrogen (secondary N) is 1. The van der Waals surface area contributed by atoms with Gasteiger partial charge in [0.15, 0.2) is 6.10 Å². The maximum atomic E-state index is 13.2. The Hall–Kier alpha value is -6.85. The number of aromatic nitrogens is 2. The second kappa shape index (κ2) is 27.1. The Morgan fingerprint density at radius 3 is 1.59 bits per heavy atom. The van der Waals surface area contributed by atoms with E-state index in [2.05, 4.69) is 85.4 Å². The van der Waals surface area contributed by atoms with E-state index in [0.717, 1.165) is 124 Å². The summed E-state index contributed by atoms with van der Waals surface area (Å²) in [6.45, 7) is 15.6. The van der Waals surface area contributed by atoms with Crippen LogP contribution in [0.1, 0.15) is 59.1 Å². The van der Waals surface area contributed by atoms with Crippen LogP contribution in [0.2, 0.25) is 0 Å². The van der Waals surface area contributed by atoms with E-state index in [1.54, 1.807) is 4.90 Å². The number of hydrogen-bond donors (Lipinski definition) is 1. The second-order valence-corrected chi connectivity index (χ2v) is 21.2. The van der Waals surface area contributed by atoms with Crippen LogP contribution in [0.25, 0.3) is 0 Å². The fourth-order valence-electron chi connectivity index (χ4n) is 9.54. The molecule has 4 aliphatic rings. The minimum Gasteiger partial charge on any atom is -0.487 e. The van der Waals surface area contributed by atoms with E-state index >= 15 is 0 Å². The average molecular weight is 1040 g/mol. The standard InChI is InChI=1S/C29H34N4O2.C17H21N3O.C13H17NO4S/c1-23-8-10-24(11-9-23)21-33-17-14-27(29(33)34)31-15-5-16-32(19-18-31)28-13-12-26(20-30-28)35-22-25-6-3-2-4-7-25;1-2-5-15(6-3-1)14-21-16-7-8-17(19-13-16)20-11-4-9-18-10-12-20;1-10-3-5-11(6-4-10)9-14-8-7-12(13(14)15)18-19(2,16)17/h2-4,6-13,20,27H,5,14-19,21-22H2,1H3;1-3,5-8,13,18H,4,9-12,14H2;3-6,12H,7-9H2,1-2H3/t;;12-/m..0/s1. The van der Waals surface area contributed by atoms with E-state index in [1.807, 2.05) is 109 Å². The van der Waals surface area contributed by atoms with Gasteiger partial charge < -0.3 is 34.4 Å². The van der Waals surface area contributed by atoms with Crippen molar-refractivity contribution in [3.63, 3.8) is 0 Å². The molecule has 2 atom stereocenters. The van der Waals surface area contributed by atoms with Gasteiger partial charge in [-0.1, -0.05) is 120 Å². The van der Waals surface area contributed by atoms with Crippen molar-refractivity contribution in [1.82, 2.24) is 30.0 Å². The molecule has 1 N–H and O–H groups in total. The molecule has 10 rings (SSSR count). The van der Waals surface area contributed by atoms with Crippen LogP contribution in [-0.4, -0.2) is 129 Å². The molecular formula is C59H72N8O7S. The zero-order valence-corrected chi connectivity index (χ0v) is 44.5. The van der Waals surface area contributed by atoms with Crippen molar-refractivity contribution in [2.24, 2.45) is 0 Å². The SMILES string of the molecule is Cc1ccc(CN2CCC(N3CCCN(c4ccc(OCc5ccccc5)cn4)CC3)C2=O)cc1.Cc1ccc(CN2CC[C@H](OS(C)(=O)=O)C2=O)cc1.c1ccc(COc2ccc(N3CCCNCC3)nc2)cc1. The van der Waals surface area contributed by atoms with E-state index in [9.17, 15) is 18.0 Å². The van der Waals surface area contributed by atoms with Gasteiger partial charge in [0, 0.05) is 78.4 Å². The highest BCUT2D eigenvalue weighted by Crippen LogP contribution is 2.25. The van der Waals surface area contributed by atoms with E-state index in [4.69, 9.17) is 13.7 Å². The third-order valence-electron chi connectivity index (χ3n) is 13.7. The number of benzene rings is 4. The number of ether oxygens (including phenoxy) is 2. The molecule has 75 heavy (non-hydrogen) atoms. The minimum atomic E-state index is -3.59. The molecule has 4 fully saturated rings. The molecule has 0 bridgehead atoms. The Kier molecular flexibility index (Phi) is 19.7. The summed E-state index contributed by atoms with van der Waals surface area (Å²) < 4.78 is 38.5. The lowest BCUT2D eigenvalue weighted by molar-refractivity contribution is -0.134. The molecule has 396 valence electrons. The zero-order valence-electron chi connectivity index (χ0n) is 43.6. The third-order valence-corrected chi connectivity index (χ3v) is 14.3. The molecule has 2 aromatic heterocycles. The second-order valence-electron chi connectivity index (χ2n) is 19.6. The predicted molar refractivity (Wildman–Crippen MR) is 294 cm³/mol. The first-order chi connectivity index (χ1) is 36.4. The Labute approximate surface area is 443 Å². The van der Waals surface area contributed by atoms with E-state index in [-0.39, 0.29) is 17.9 Å². The molecule has 2 amide bonds. The Bertz CT molecular complexity index is 2800. The van der Waals surface area contributed by atoms with Crippen molar-refractivity contribution in [2.45, 2.75) is 78.0 Å². The molecule has 0 spiro atoms. The van der Waals surface area contributed by atoms with Crippen LogP contribution in [0.15, 0.2) is 146 Å². The van der Waals surface area contributed by atoms with Gasteiger partial charge in [-0.25, -0.2) is 9.97 Å². The molecule has 4 aliphatic heterocycles. The minimum absolute atomic E-state index is 0.00196. The van der Waals surface area contributed by atoms with Gasteiger partial charge in [-0.2, -0.15) is 8.42 Å². The molecule has 6 aromatic rings. The molecule has 15 nitrogen and oxygen atoms in total. The largest absolute Gasteiger partial charge is 0.487 e. The first kappa shape index (κ1) is 54.4. The lowest BCUT2D eigenvalue weighted by Crippen LogP contribution is -2.43. The van der Waals surface area contributed by atoms with Crippen LogP contribution in [-0.2, 0) is 50.2 Å². The highest BCUT2D eigenvalue weighted by molar-refractivity contribution is 7.86. The zero-order chi connectivity index (χ0) is 52.4. The number of carbonyl (C=O) groups is 2. The number of carbonyl (C=O) groups excluding carboxylic acids is 2. The van der Waals surface area contributed by atoms with Gasteiger partial charge in [0.25, 0.3) is 16.0 Å². The van der Waals surface area contributed by atoms with Crippen LogP contribution < -0.4 is 24.6 Å². The van der Waals surface area contributed by atoms with Crippen LogP contribution in [0.4, 0.5) is 11.6 Å².